The summed E-state index contributed by atoms with van der Waals surface area (Å²) >= 11 is 0. The molecular formula is C13H16N6O. The molecule has 0 bridgehead atoms. The number of nitrogens with zero attached hydrogens (tertiary/aromatic N) is 6. The highest BCUT2D eigenvalue weighted by Gasteiger charge is 2.19. The first kappa shape index (κ1) is 12.7. The molecular weight excluding hydrogens is 256 g/mol. The maximum absolute atomic E-state index is 9.11. The van der Waals surface area contributed by atoms with Gasteiger partial charge in [0.05, 0.1) is 24.7 Å². The van der Waals surface area contributed by atoms with Crippen LogP contribution in [0.4, 0.5) is 11.8 Å². The van der Waals surface area contributed by atoms with E-state index < -0.39 is 0 Å². The van der Waals surface area contributed by atoms with E-state index in [2.05, 4.69) is 29.7 Å². The average Bonchev–Trinajstić information content (AvgIpc) is 2.56. The summed E-state index contributed by atoms with van der Waals surface area (Å²) in [6.45, 7) is 3.27. The van der Waals surface area contributed by atoms with Crippen LogP contribution in [-0.2, 0) is 6.61 Å². The molecule has 0 atom stereocenters. The first-order chi connectivity index (χ1) is 9.86. The van der Waals surface area contributed by atoms with Crippen molar-refractivity contribution < 1.29 is 5.11 Å². The Morgan fingerprint density at radius 3 is 2.40 bits per heavy atom. The fourth-order valence-electron chi connectivity index (χ4n) is 2.21. The van der Waals surface area contributed by atoms with Gasteiger partial charge in [0.15, 0.2) is 0 Å². The molecule has 0 aliphatic carbocycles. The summed E-state index contributed by atoms with van der Waals surface area (Å²) < 4.78 is 0. The third-order valence-electron chi connectivity index (χ3n) is 3.27. The standard InChI is InChI=1S/C13H16N6O/c20-10-11-8-14-9-12(17-11)18-4-6-19(7-5-18)13-15-2-1-3-16-13/h1-3,8-9,20H,4-7,10H2. The molecule has 0 saturated carbocycles. The second-order valence-electron chi connectivity index (χ2n) is 4.55. The Labute approximate surface area is 116 Å². The van der Waals surface area contributed by atoms with Crippen molar-refractivity contribution in [1.82, 2.24) is 19.9 Å². The average molecular weight is 272 g/mol. The van der Waals surface area contributed by atoms with Crippen molar-refractivity contribution in [3.05, 3.63) is 36.5 Å². The Morgan fingerprint density at radius 2 is 1.70 bits per heavy atom. The molecule has 20 heavy (non-hydrogen) atoms. The largest absolute Gasteiger partial charge is 0.390 e. The number of rotatable bonds is 3. The second kappa shape index (κ2) is 5.79. The molecule has 2 aromatic rings. The Hall–Kier alpha value is -2.28. The monoisotopic (exact) mass is 272 g/mol. The minimum atomic E-state index is -0.0847. The SMILES string of the molecule is OCc1cncc(N2CCN(c3ncccn3)CC2)n1. The lowest BCUT2D eigenvalue weighted by Crippen LogP contribution is -2.47. The lowest BCUT2D eigenvalue weighted by Gasteiger charge is -2.35. The van der Waals surface area contributed by atoms with Crippen LogP contribution in [-0.4, -0.2) is 51.2 Å². The molecule has 3 rings (SSSR count). The molecule has 1 N–H and O–H groups in total. The van der Waals surface area contributed by atoms with Crippen LogP contribution in [0.25, 0.3) is 0 Å². The van der Waals surface area contributed by atoms with Gasteiger partial charge in [0, 0.05) is 38.6 Å². The predicted octanol–water partition coefficient (Wildman–Crippen LogP) is 0.0855. The van der Waals surface area contributed by atoms with E-state index in [1.54, 1.807) is 24.8 Å². The highest BCUT2D eigenvalue weighted by molar-refractivity contribution is 5.40. The van der Waals surface area contributed by atoms with Crippen molar-refractivity contribution in [2.45, 2.75) is 6.61 Å². The van der Waals surface area contributed by atoms with Crippen LogP contribution in [0.15, 0.2) is 30.9 Å². The summed E-state index contributed by atoms with van der Waals surface area (Å²) in [5.74, 6) is 1.58. The highest BCUT2D eigenvalue weighted by atomic mass is 16.3. The first-order valence-corrected chi connectivity index (χ1v) is 6.55. The number of aromatic nitrogens is 4. The van der Waals surface area contributed by atoms with E-state index >= 15 is 0 Å². The van der Waals surface area contributed by atoms with Gasteiger partial charge in [-0.3, -0.25) is 4.98 Å². The molecule has 0 unspecified atom stereocenters. The fourth-order valence-corrected chi connectivity index (χ4v) is 2.21. The van der Waals surface area contributed by atoms with Gasteiger partial charge in [0.25, 0.3) is 0 Å². The van der Waals surface area contributed by atoms with Crippen LogP contribution in [0.5, 0.6) is 0 Å². The van der Waals surface area contributed by atoms with Gasteiger partial charge in [-0.25, -0.2) is 15.0 Å². The van der Waals surface area contributed by atoms with Crippen molar-refractivity contribution >= 4 is 11.8 Å². The number of aliphatic hydroxyl groups excluding tert-OH is 1. The van der Waals surface area contributed by atoms with Crippen molar-refractivity contribution in [2.75, 3.05) is 36.0 Å². The molecule has 0 amide bonds. The number of piperazine rings is 1. The van der Waals surface area contributed by atoms with E-state index in [4.69, 9.17) is 5.11 Å². The molecule has 1 aliphatic heterocycles. The van der Waals surface area contributed by atoms with Gasteiger partial charge < -0.3 is 14.9 Å². The highest BCUT2D eigenvalue weighted by Crippen LogP contribution is 2.15. The zero-order valence-electron chi connectivity index (χ0n) is 11.1. The second-order valence-corrected chi connectivity index (χ2v) is 4.55. The molecule has 2 aromatic heterocycles. The molecule has 0 radical (unpaired) electrons. The van der Waals surface area contributed by atoms with Gasteiger partial charge in [-0.1, -0.05) is 0 Å². The van der Waals surface area contributed by atoms with Crippen LogP contribution in [0.3, 0.4) is 0 Å². The molecule has 1 aliphatic rings. The minimum Gasteiger partial charge on any atom is -0.390 e. The molecule has 104 valence electrons. The Balaban J connectivity index is 1.66. The van der Waals surface area contributed by atoms with Gasteiger partial charge in [-0.05, 0) is 6.07 Å². The Kier molecular flexibility index (Phi) is 3.69. The predicted molar refractivity (Wildman–Crippen MR) is 74.4 cm³/mol. The van der Waals surface area contributed by atoms with Crippen LogP contribution in [0.1, 0.15) is 5.69 Å². The van der Waals surface area contributed by atoms with Crippen LogP contribution in [0.2, 0.25) is 0 Å². The number of hydrogen-bond donors (Lipinski definition) is 1. The summed E-state index contributed by atoms with van der Waals surface area (Å²) in [5.41, 5.74) is 0.594. The zero-order valence-corrected chi connectivity index (χ0v) is 11.1. The minimum absolute atomic E-state index is 0.0847. The van der Waals surface area contributed by atoms with Crippen molar-refractivity contribution in [2.24, 2.45) is 0 Å². The lowest BCUT2D eigenvalue weighted by molar-refractivity contribution is 0.276. The summed E-state index contributed by atoms with van der Waals surface area (Å²) in [7, 11) is 0. The van der Waals surface area contributed by atoms with Gasteiger partial charge in [-0.15, -0.1) is 0 Å². The summed E-state index contributed by atoms with van der Waals surface area (Å²) in [6.07, 6.45) is 6.82. The Bertz CT molecular complexity index is 556. The fraction of sp³-hybridized carbons (Fsp3) is 0.385. The number of aliphatic hydroxyl groups is 1. The summed E-state index contributed by atoms with van der Waals surface area (Å²) in [6, 6.07) is 1.82. The number of anilines is 2. The normalized spacial score (nSPS) is 15.4. The van der Waals surface area contributed by atoms with Crippen LogP contribution < -0.4 is 9.80 Å². The maximum Gasteiger partial charge on any atom is 0.225 e. The van der Waals surface area contributed by atoms with Gasteiger partial charge in [0.2, 0.25) is 5.95 Å². The zero-order chi connectivity index (χ0) is 13.8. The quantitative estimate of drug-likeness (QED) is 0.848. The van der Waals surface area contributed by atoms with Crippen molar-refractivity contribution in [3.63, 3.8) is 0 Å². The van der Waals surface area contributed by atoms with E-state index in [-0.39, 0.29) is 6.61 Å². The Morgan fingerprint density at radius 1 is 1.00 bits per heavy atom. The van der Waals surface area contributed by atoms with Crippen LogP contribution >= 0.6 is 0 Å². The van der Waals surface area contributed by atoms with Gasteiger partial charge in [-0.2, -0.15) is 0 Å². The van der Waals surface area contributed by atoms with E-state index in [0.717, 1.165) is 37.9 Å². The third kappa shape index (κ3) is 2.67. The molecule has 0 spiro atoms. The topological polar surface area (TPSA) is 78.3 Å². The third-order valence-corrected chi connectivity index (χ3v) is 3.27. The summed E-state index contributed by atoms with van der Waals surface area (Å²) in [5, 5.41) is 9.11. The van der Waals surface area contributed by atoms with Crippen molar-refractivity contribution in [3.8, 4) is 0 Å². The maximum atomic E-state index is 9.11. The van der Waals surface area contributed by atoms with Crippen LogP contribution in [0, 0.1) is 0 Å². The molecule has 7 nitrogen and oxygen atoms in total. The molecule has 3 heterocycles. The molecule has 0 aromatic carbocycles. The smallest absolute Gasteiger partial charge is 0.225 e. The van der Waals surface area contributed by atoms with E-state index in [1.807, 2.05) is 6.07 Å². The number of hydrogen-bond acceptors (Lipinski definition) is 7. The van der Waals surface area contributed by atoms with Gasteiger partial charge in [0.1, 0.15) is 5.82 Å². The van der Waals surface area contributed by atoms with E-state index in [0.29, 0.717) is 5.69 Å². The first-order valence-electron chi connectivity index (χ1n) is 6.55. The van der Waals surface area contributed by atoms with E-state index in [1.165, 1.54) is 0 Å². The lowest BCUT2D eigenvalue weighted by atomic mass is 10.3. The van der Waals surface area contributed by atoms with E-state index in [9.17, 15) is 0 Å². The molecule has 1 saturated heterocycles. The molecule has 1 fully saturated rings. The van der Waals surface area contributed by atoms with Gasteiger partial charge >= 0.3 is 0 Å². The molecule has 7 heteroatoms. The van der Waals surface area contributed by atoms with Crippen molar-refractivity contribution in [1.29, 1.82) is 0 Å². The summed E-state index contributed by atoms with van der Waals surface area (Å²) in [4.78, 5) is 21.3.